The second kappa shape index (κ2) is 18.0. The van der Waals surface area contributed by atoms with E-state index in [1.165, 1.54) is 37.0 Å². The number of carboxylic acid groups (broad SMARTS) is 1. The topological polar surface area (TPSA) is 134 Å². The van der Waals surface area contributed by atoms with Gasteiger partial charge in [-0.1, -0.05) is 96.7 Å². The maximum Gasteiger partial charge on any atom is 0.320 e. The molecule has 49 heavy (non-hydrogen) atoms. The van der Waals surface area contributed by atoms with Gasteiger partial charge in [-0.2, -0.15) is 0 Å². The number of ether oxygens (including phenoxy) is 1. The first-order valence-corrected chi connectivity index (χ1v) is 18.0. The lowest BCUT2D eigenvalue weighted by Crippen LogP contribution is -2.55. The lowest BCUT2D eigenvalue weighted by molar-refractivity contribution is -0.140. The van der Waals surface area contributed by atoms with Crippen LogP contribution in [-0.4, -0.2) is 57.0 Å². The molecular formula is C39H50N4O5S. The molecule has 262 valence electrons. The summed E-state index contributed by atoms with van der Waals surface area (Å²) >= 11 is 1.41. The van der Waals surface area contributed by atoms with Gasteiger partial charge < -0.3 is 20.3 Å². The van der Waals surface area contributed by atoms with Crippen LogP contribution in [0.15, 0.2) is 73.1 Å². The number of thiophene rings is 1. The van der Waals surface area contributed by atoms with Gasteiger partial charge in [0.25, 0.3) is 5.91 Å². The van der Waals surface area contributed by atoms with Crippen LogP contribution in [0.1, 0.15) is 93.3 Å². The lowest BCUT2D eigenvalue weighted by atomic mass is 9.95. The number of unbranched alkanes of at least 4 members (excludes halogenated alkanes) is 4. The SMILES string of the molecule is CCCCCCCOc1ccc(-c2cnc(-c3ccc(C[C@H](NC(=O)c4ccc(C(C)(C)C)s4)C(O)N[C@H](CC)C(=O)O)cc3)nc2)cc1. The smallest absolute Gasteiger partial charge is 0.320 e. The third-order valence-corrected chi connectivity index (χ3v) is 9.88. The molecule has 0 radical (unpaired) electrons. The van der Waals surface area contributed by atoms with Crippen LogP contribution in [0.3, 0.4) is 0 Å². The van der Waals surface area contributed by atoms with Crippen molar-refractivity contribution in [2.45, 2.75) is 103 Å². The van der Waals surface area contributed by atoms with Gasteiger partial charge in [0.15, 0.2) is 5.82 Å². The average molecular weight is 687 g/mol. The number of carboxylic acids is 1. The maximum absolute atomic E-state index is 13.3. The van der Waals surface area contributed by atoms with Crippen molar-refractivity contribution >= 4 is 23.2 Å². The molecule has 10 heteroatoms. The molecule has 2 heterocycles. The van der Waals surface area contributed by atoms with Gasteiger partial charge in [-0.15, -0.1) is 11.3 Å². The van der Waals surface area contributed by atoms with Crippen LogP contribution in [0.2, 0.25) is 0 Å². The number of aromatic nitrogens is 2. The number of nitrogens with zero attached hydrogens (tertiary/aromatic N) is 2. The summed E-state index contributed by atoms with van der Waals surface area (Å²) in [5.41, 5.74) is 3.47. The van der Waals surface area contributed by atoms with E-state index in [4.69, 9.17) is 4.74 Å². The van der Waals surface area contributed by atoms with Gasteiger partial charge in [0.05, 0.1) is 17.5 Å². The van der Waals surface area contributed by atoms with Crippen molar-refractivity contribution in [1.82, 2.24) is 20.6 Å². The van der Waals surface area contributed by atoms with Crippen LogP contribution in [0, 0.1) is 0 Å². The molecule has 1 unspecified atom stereocenters. The molecule has 0 saturated heterocycles. The van der Waals surface area contributed by atoms with Crippen LogP contribution in [0.5, 0.6) is 5.75 Å². The monoisotopic (exact) mass is 686 g/mol. The summed E-state index contributed by atoms with van der Waals surface area (Å²) in [6.45, 7) is 10.9. The van der Waals surface area contributed by atoms with E-state index < -0.39 is 24.3 Å². The van der Waals surface area contributed by atoms with Crippen molar-refractivity contribution in [3.63, 3.8) is 0 Å². The highest BCUT2D eigenvalue weighted by Crippen LogP contribution is 2.30. The lowest BCUT2D eigenvalue weighted by Gasteiger charge is -2.27. The molecule has 4 rings (SSSR count). The van der Waals surface area contributed by atoms with Crippen LogP contribution >= 0.6 is 11.3 Å². The molecule has 1 amide bonds. The third kappa shape index (κ3) is 11.2. The molecule has 4 aromatic rings. The van der Waals surface area contributed by atoms with E-state index in [2.05, 4.69) is 48.3 Å². The molecular weight excluding hydrogens is 637 g/mol. The number of carbonyl (C=O) groups excluding carboxylic acids is 1. The number of carbonyl (C=O) groups is 2. The van der Waals surface area contributed by atoms with E-state index in [0.29, 0.717) is 10.7 Å². The molecule has 2 aromatic heterocycles. The predicted molar refractivity (Wildman–Crippen MR) is 196 cm³/mol. The molecule has 3 atom stereocenters. The Kier molecular flexibility index (Phi) is 13.9. The number of aliphatic hydroxyl groups is 1. The van der Waals surface area contributed by atoms with Crippen LogP contribution in [-0.2, 0) is 16.6 Å². The van der Waals surface area contributed by atoms with E-state index in [0.717, 1.165) is 45.9 Å². The normalized spacial score (nSPS) is 13.4. The zero-order valence-corrected chi connectivity index (χ0v) is 30.1. The first-order valence-electron chi connectivity index (χ1n) is 17.2. The number of rotatable bonds is 18. The van der Waals surface area contributed by atoms with Gasteiger partial charge >= 0.3 is 5.97 Å². The first-order chi connectivity index (χ1) is 23.5. The van der Waals surface area contributed by atoms with E-state index in [1.807, 2.05) is 54.6 Å². The fourth-order valence-corrected chi connectivity index (χ4v) is 6.31. The Balaban J connectivity index is 1.41. The molecule has 0 aliphatic carbocycles. The molecule has 0 spiro atoms. The van der Waals surface area contributed by atoms with Crippen molar-refractivity contribution in [2.24, 2.45) is 0 Å². The Bertz CT molecular complexity index is 1620. The molecule has 0 aliphatic rings. The largest absolute Gasteiger partial charge is 0.494 e. The van der Waals surface area contributed by atoms with Crippen molar-refractivity contribution < 1.29 is 24.5 Å². The van der Waals surface area contributed by atoms with Gasteiger partial charge in [-0.05, 0) is 60.1 Å². The summed E-state index contributed by atoms with van der Waals surface area (Å²) in [7, 11) is 0. The van der Waals surface area contributed by atoms with Crippen LogP contribution < -0.4 is 15.4 Å². The van der Waals surface area contributed by atoms with Crippen molar-refractivity contribution in [3.05, 3.63) is 88.4 Å². The summed E-state index contributed by atoms with van der Waals surface area (Å²) in [4.78, 5) is 35.7. The fraction of sp³-hybridized carbons (Fsp3) is 0.436. The van der Waals surface area contributed by atoms with Crippen LogP contribution in [0.25, 0.3) is 22.5 Å². The molecule has 9 nitrogen and oxygen atoms in total. The summed E-state index contributed by atoms with van der Waals surface area (Å²) < 4.78 is 5.89. The Labute approximate surface area is 294 Å². The van der Waals surface area contributed by atoms with Crippen molar-refractivity contribution in [1.29, 1.82) is 0 Å². The Morgan fingerprint density at radius 3 is 2.10 bits per heavy atom. The van der Waals surface area contributed by atoms with Gasteiger partial charge in [-0.25, -0.2) is 9.97 Å². The van der Waals surface area contributed by atoms with Gasteiger partial charge in [0, 0.05) is 28.4 Å². The van der Waals surface area contributed by atoms with E-state index in [1.54, 1.807) is 25.4 Å². The quantitative estimate of drug-likeness (QED) is 0.0620. The maximum atomic E-state index is 13.3. The summed E-state index contributed by atoms with van der Waals surface area (Å²) in [5, 5.41) is 26.3. The number of aliphatic carboxylic acids is 1. The van der Waals surface area contributed by atoms with E-state index in [9.17, 15) is 19.8 Å². The minimum absolute atomic E-state index is 0.0982. The molecule has 0 aliphatic heterocycles. The number of hydrogen-bond donors (Lipinski definition) is 4. The van der Waals surface area contributed by atoms with Crippen LogP contribution in [0.4, 0.5) is 0 Å². The molecule has 2 aromatic carbocycles. The number of amides is 1. The Morgan fingerprint density at radius 2 is 1.51 bits per heavy atom. The second-order valence-electron chi connectivity index (χ2n) is 13.4. The minimum Gasteiger partial charge on any atom is -0.494 e. The van der Waals surface area contributed by atoms with E-state index >= 15 is 0 Å². The average Bonchev–Trinajstić information content (AvgIpc) is 3.61. The molecule has 0 bridgehead atoms. The third-order valence-electron chi connectivity index (χ3n) is 8.37. The zero-order valence-electron chi connectivity index (χ0n) is 29.2. The Morgan fingerprint density at radius 1 is 0.857 bits per heavy atom. The highest BCUT2D eigenvalue weighted by atomic mass is 32.1. The number of benzene rings is 2. The molecule has 0 fully saturated rings. The first kappa shape index (κ1) is 37.7. The predicted octanol–water partition coefficient (Wildman–Crippen LogP) is 7.63. The molecule has 0 saturated carbocycles. The number of aliphatic hydroxyl groups excluding tert-OH is 1. The van der Waals surface area contributed by atoms with Crippen molar-refractivity contribution in [3.8, 4) is 28.3 Å². The zero-order chi connectivity index (χ0) is 35.4. The number of hydrogen-bond acceptors (Lipinski definition) is 8. The summed E-state index contributed by atoms with van der Waals surface area (Å²) in [6, 6.07) is 17.6. The summed E-state index contributed by atoms with van der Waals surface area (Å²) in [6.07, 6.45) is 8.88. The Hall–Kier alpha value is -4.12. The van der Waals surface area contributed by atoms with E-state index in [-0.39, 0.29) is 24.2 Å². The minimum atomic E-state index is -1.29. The highest BCUT2D eigenvalue weighted by molar-refractivity contribution is 7.14. The fourth-order valence-electron chi connectivity index (χ4n) is 5.34. The second-order valence-corrected chi connectivity index (χ2v) is 14.5. The summed E-state index contributed by atoms with van der Waals surface area (Å²) in [5.74, 6) is 0.0455. The van der Waals surface area contributed by atoms with Gasteiger partial charge in [0.1, 0.15) is 18.0 Å². The molecule has 4 N–H and O–H groups in total. The standard InChI is InChI=1S/C39H50N4O5S/c1-6-8-9-10-11-22-48-30-18-16-27(17-19-30)29-24-40-35(41-25-29)28-14-12-26(13-15-28)23-32(36(44)42-31(7-2)38(46)47)43-37(45)33-20-21-34(49-33)39(3,4)5/h12-21,24-25,31-32,36,42,44H,6-11,22-23H2,1-5H3,(H,43,45)(H,46,47)/t31-,32+,36?/m1/s1. The highest BCUT2D eigenvalue weighted by Gasteiger charge is 2.28. The van der Waals surface area contributed by atoms with Gasteiger partial charge in [-0.3, -0.25) is 14.9 Å². The van der Waals surface area contributed by atoms with Gasteiger partial charge in [0.2, 0.25) is 0 Å². The number of nitrogens with one attached hydrogen (secondary N) is 2. The van der Waals surface area contributed by atoms with Crippen molar-refractivity contribution in [2.75, 3.05) is 6.61 Å².